The Bertz CT molecular complexity index is 1690. The molecular formula is C46H74O18. The Morgan fingerprint density at radius 3 is 1.91 bits per heavy atom. The van der Waals surface area contributed by atoms with Gasteiger partial charge in [-0.15, -0.1) is 0 Å². The third kappa shape index (κ3) is 7.69. The number of ether oxygens (including phenoxy) is 8. The van der Waals surface area contributed by atoms with Crippen LogP contribution in [0.5, 0.6) is 0 Å². The van der Waals surface area contributed by atoms with Gasteiger partial charge in [-0.25, -0.2) is 0 Å². The number of fused-ring (bicyclic) bond motifs is 7. The lowest BCUT2D eigenvalue weighted by atomic mass is 9.46. The zero-order valence-corrected chi connectivity index (χ0v) is 37.9. The van der Waals surface area contributed by atoms with E-state index in [4.69, 9.17) is 37.9 Å². The Labute approximate surface area is 374 Å². The summed E-state index contributed by atoms with van der Waals surface area (Å²) in [6.45, 7) is 11.9. The number of rotatable bonds is 8. The Kier molecular flexibility index (Phi) is 13.1. The van der Waals surface area contributed by atoms with Crippen LogP contribution in [-0.4, -0.2) is 187 Å². The largest absolute Gasteiger partial charge is 0.396 e. The lowest BCUT2D eigenvalue weighted by Gasteiger charge is -2.60. The van der Waals surface area contributed by atoms with Crippen LogP contribution in [0.3, 0.4) is 0 Å². The Hall–Kier alpha value is -0.980. The molecule has 18 heteroatoms. The lowest BCUT2D eigenvalue weighted by molar-refractivity contribution is -0.388. The van der Waals surface area contributed by atoms with Crippen molar-refractivity contribution in [2.75, 3.05) is 19.8 Å². The first kappa shape index (κ1) is 48.1. The Balaban J connectivity index is 0.924. The zero-order chi connectivity index (χ0) is 46.0. The highest BCUT2D eigenvalue weighted by atomic mass is 16.8. The van der Waals surface area contributed by atoms with Crippen LogP contribution in [0.15, 0.2) is 11.6 Å². The Morgan fingerprint density at radius 2 is 1.31 bits per heavy atom. The summed E-state index contributed by atoms with van der Waals surface area (Å²) < 4.78 is 50.0. The standard InChI is InChI=1S/C46H74O18/c1-19-30-27(64-46(19)12-11-43(4,17-48)18-57-46)15-25-29-24(8-10-45(25,30)6)44(5)9-7-23(13-22(44)14-26(29)49)60-42-39(63-41-36(55)34(53)32(51)21(3)59-41)37(56)38(28(16-47)61-42)62-40-35(54)33(52)31(50)20(2)58-40/h14,19-21,23-42,47-56H,7-13,15-18H2,1-6H3. The highest BCUT2D eigenvalue weighted by Gasteiger charge is 2.70. The molecule has 0 amide bonds. The third-order valence-corrected chi connectivity index (χ3v) is 18.2. The van der Waals surface area contributed by atoms with Gasteiger partial charge in [0.1, 0.15) is 61.0 Å². The molecule has 27 unspecified atom stereocenters. The fraction of sp³-hybridized carbons (Fsp3) is 0.957. The minimum Gasteiger partial charge on any atom is -0.396 e. The van der Waals surface area contributed by atoms with Gasteiger partial charge >= 0.3 is 0 Å². The molecule has 0 radical (unpaired) electrons. The van der Waals surface area contributed by atoms with E-state index in [0.717, 1.165) is 44.1 Å². The van der Waals surface area contributed by atoms with Crippen LogP contribution in [0.1, 0.15) is 92.9 Å². The van der Waals surface area contributed by atoms with E-state index in [1.807, 2.05) is 6.08 Å². The second-order valence-corrected chi connectivity index (χ2v) is 22.0. The van der Waals surface area contributed by atoms with Crippen molar-refractivity contribution in [1.29, 1.82) is 0 Å². The molecule has 64 heavy (non-hydrogen) atoms. The molecule has 0 aromatic rings. The zero-order valence-electron chi connectivity index (χ0n) is 37.9. The maximum absolute atomic E-state index is 12.2. The molecule has 0 aromatic heterocycles. The predicted molar refractivity (Wildman–Crippen MR) is 220 cm³/mol. The molecule has 9 rings (SSSR count). The van der Waals surface area contributed by atoms with Crippen molar-refractivity contribution in [3.8, 4) is 0 Å². The van der Waals surface area contributed by atoms with Gasteiger partial charge in [0.15, 0.2) is 24.7 Å². The van der Waals surface area contributed by atoms with Gasteiger partial charge in [0.05, 0.1) is 50.3 Å². The fourth-order valence-electron chi connectivity index (χ4n) is 14.1. The van der Waals surface area contributed by atoms with Crippen LogP contribution >= 0.6 is 0 Å². The van der Waals surface area contributed by atoms with Crippen molar-refractivity contribution >= 4 is 0 Å². The molecular weight excluding hydrogens is 840 g/mol. The van der Waals surface area contributed by atoms with E-state index in [9.17, 15) is 51.1 Å². The number of hydrogen-bond donors (Lipinski definition) is 10. The van der Waals surface area contributed by atoms with Gasteiger partial charge in [0.2, 0.25) is 0 Å². The second-order valence-electron chi connectivity index (χ2n) is 22.0. The van der Waals surface area contributed by atoms with Gasteiger partial charge in [0.25, 0.3) is 0 Å². The number of aliphatic hydroxyl groups excluding tert-OH is 10. The lowest BCUT2D eigenvalue weighted by Crippen LogP contribution is -2.66. The monoisotopic (exact) mass is 914 g/mol. The molecule has 10 N–H and O–H groups in total. The summed E-state index contributed by atoms with van der Waals surface area (Å²) in [5.74, 6) is 0.336. The first-order valence-electron chi connectivity index (χ1n) is 23.8. The highest BCUT2D eigenvalue weighted by Crippen LogP contribution is 2.71. The maximum atomic E-state index is 12.2. The normalized spacial score (nSPS) is 58.6. The van der Waals surface area contributed by atoms with E-state index in [2.05, 4.69) is 27.7 Å². The molecule has 366 valence electrons. The molecule has 18 nitrogen and oxygen atoms in total. The van der Waals surface area contributed by atoms with E-state index in [-0.39, 0.29) is 52.6 Å². The fourth-order valence-corrected chi connectivity index (χ4v) is 14.1. The van der Waals surface area contributed by atoms with Crippen LogP contribution in [-0.2, 0) is 37.9 Å². The van der Waals surface area contributed by atoms with Crippen molar-refractivity contribution in [3.63, 3.8) is 0 Å². The van der Waals surface area contributed by atoms with Gasteiger partial charge in [-0.2, -0.15) is 0 Å². The Morgan fingerprint density at radius 1 is 0.672 bits per heavy atom. The molecule has 0 aromatic carbocycles. The van der Waals surface area contributed by atoms with Crippen molar-refractivity contribution in [2.24, 2.45) is 45.8 Å². The van der Waals surface area contributed by atoms with Crippen LogP contribution in [0.2, 0.25) is 0 Å². The van der Waals surface area contributed by atoms with Crippen molar-refractivity contribution in [2.45, 2.75) is 209 Å². The molecule has 27 atom stereocenters. The minimum absolute atomic E-state index is 0.0329. The average molecular weight is 915 g/mol. The highest BCUT2D eigenvalue weighted by molar-refractivity contribution is 5.29. The van der Waals surface area contributed by atoms with E-state index in [1.165, 1.54) is 13.8 Å². The van der Waals surface area contributed by atoms with Gasteiger partial charge in [0, 0.05) is 17.8 Å². The number of hydrogen-bond acceptors (Lipinski definition) is 18. The van der Waals surface area contributed by atoms with Crippen LogP contribution in [0.4, 0.5) is 0 Å². The summed E-state index contributed by atoms with van der Waals surface area (Å²) in [7, 11) is 0. The van der Waals surface area contributed by atoms with E-state index < -0.39 is 117 Å². The average Bonchev–Trinajstić information content (AvgIpc) is 3.72. The smallest absolute Gasteiger partial charge is 0.187 e. The molecule has 0 bridgehead atoms. The van der Waals surface area contributed by atoms with Crippen LogP contribution in [0, 0.1) is 45.8 Å². The topological polar surface area (TPSA) is 276 Å². The molecule has 5 heterocycles. The molecule has 4 aliphatic carbocycles. The maximum Gasteiger partial charge on any atom is 0.187 e. The minimum atomic E-state index is -1.75. The van der Waals surface area contributed by atoms with Crippen molar-refractivity contribution in [1.82, 2.24) is 0 Å². The molecule has 8 fully saturated rings. The van der Waals surface area contributed by atoms with Gasteiger partial charge in [-0.05, 0) is 93.3 Å². The summed E-state index contributed by atoms with van der Waals surface area (Å²) in [5, 5.41) is 108. The van der Waals surface area contributed by atoms with Crippen molar-refractivity contribution < 1.29 is 89.0 Å². The first-order chi connectivity index (χ1) is 30.2. The van der Waals surface area contributed by atoms with Crippen molar-refractivity contribution in [3.05, 3.63) is 11.6 Å². The van der Waals surface area contributed by atoms with Gasteiger partial charge < -0.3 is 89.0 Å². The number of aliphatic hydroxyl groups is 10. The summed E-state index contributed by atoms with van der Waals surface area (Å²) in [6, 6.07) is 0. The summed E-state index contributed by atoms with van der Waals surface area (Å²) in [4.78, 5) is 0. The van der Waals surface area contributed by atoms with E-state index in [1.54, 1.807) is 0 Å². The molecule has 1 spiro atoms. The molecule has 9 aliphatic rings. The predicted octanol–water partition coefficient (Wildman–Crippen LogP) is -0.425. The van der Waals surface area contributed by atoms with Gasteiger partial charge in [-0.3, -0.25) is 0 Å². The van der Waals surface area contributed by atoms with Crippen LogP contribution in [0.25, 0.3) is 0 Å². The van der Waals surface area contributed by atoms with Gasteiger partial charge in [-0.1, -0.05) is 39.3 Å². The van der Waals surface area contributed by atoms with Crippen LogP contribution < -0.4 is 0 Å². The summed E-state index contributed by atoms with van der Waals surface area (Å²) in [5.41, 5.74) is 0.548. The molecule has 5 aliphatic heterocycles. The molecule has 5 saturated heterocycles. The van der Waals surface area contributed by atoms with E-state index >= 15 is 0 Å². The molecule has 3 saturated carbocycles. The second kappa shape index (κ2) is 17.5. The van der Waals surface area contributed by atoms with E-state index in [0.29, 0.717) is 25.4 Å². The quantitative estimate of drug-likeness (QED) is 0.139. The summed E-state index contributed by atoms with van der Waals surface area (Å²) in [6.07, 6.45) is -15.0. The summed E-state index contributed by atoms with van der Waals surface area (Å²) >= 11 is 0. The first-order valence-corrected chi connectivity index (χ1v) is 23.8. The SMILES string of the molecule is CC1OC(OC2C(CO)OC(OC3CCC4(C)C(=CC(O)C5C4CCC4(C)C5CC5OC6(CCC(C)(CO)CO6)C(C)C54)C3)C(OC3OC(C)C(O)C(O)C3O)C2O)C(O)C(O)C1O. The third-order valence-electron chi connectivity index (χ3n) is 18.2.